The van der Waals surface area contributed by atoms with Crippen LogP contribution in [0, 0.1) is 0 Å². The van der Waals surface area contributed by atoms with Crippen molar-refractivity contribution in [1.29, 1.82) is 0 Å². The Morgan fingerprint density at radius 2 is 1.94 bits per heavy atom. The van der Waals surface area contributed by atoms with E-state index in [4.69, 9.17) is 10.5 Å². The molecule has 1 aromatic heterocycles. The zero-order valence-corrected chi connectivity index (χ0v) is 12.6. The summed E-state index contributed by atoms with van der Waals surface area (Å²) in [6.45, 7) is 2.85. The van der Waals surface area contributed by atoms with Crippen molar-refractivity contribution in [2.75, 3.05) is 6.61 Å². The highest BCUT2D eigenvalue weighted by Crippen LogP contribution is 2.30. The van der Waals surface area contributed by atoms with Gasteiger partial charge in [-0.15, -0.1) is 11.3 Å². The van der Waals surface area contributed by atoms with Gasteiger partial charge in [0.15, 0.2) is 0 Å². The van der Waals surface area contributed by atoms with Gasteiger partial charge >= 0.3 is 0 Å². The van der Waals surface area contributed by atoms with Crippen LogP contribution in [0.3, 0.4) is 0 Å². The molecule has 0 saturated carbocycles. The van der Waals surface area contributed by atoms with E-state index in [-0.39, 0.29) is 6.04 Å². The first-order valence-electron chi connectivity index (χ1n) is 5.94. The maximum atomic E-state index is 6.23. The zero-order chi connectivity index (χ0) is 13.0. The molecule has 1 aromatic carbocycles. The summed E-state index contributed by atoms with van der Waals surface area (Å²) >= 11 is 5.13. The highest BCUT2D eigenvalue weighted by molar-refractivity contribution is 9.11. The quantitative estimate of drug-likeness (QED) is 0.887. The van der Waals surface area contributed by atoms with Gasteiger partial charge in [0.25, 0.3) is 0 Å². The number of thiophene rings is 1. The topological polar surface area (TPSA) is 35.2 Å². The van der Waals surface area contributed by atoms with Crippen molar-refractivity contribution in [1.82, 2.24) is 0 Å². The Balaban J connectivity index is 2.09. The monoisotopic (exact) mass is 325 g/mol. The number of ether oxygens (including phenoxy) is 1. The van der Waals surface area contributed by atoms with Gasteiger partial charge in [-0.05, 0) is 52.2 Å². The van der Waals surface area contributed by atoms with Crippen LogP contribution >= 0.6 is 27.3 Å². The van der Waals surface area contributed by atoms with Crippen LogP contribution < -0.4 is 10.5 Å². The standard InChI is InChI=1S/C14H16BrNOS/c1-2-9-17-11-5-3-10(4-6-11)14(16)12-7-8-13(15)18-12/h3-8,14H,2,9,16H2,1H3. The van der Waals surface area contributed by atoms with Crippen LogP contribution in [-0.2, 0) is 0 Å². The summed E-state index contributed by atoms with van der Waals surface area (Å²) in [7, 11) is 0. The van der Waals surface area contributed by atoms with E-state index < -0.39 is 0 Å². The molecule has 18 heavy (non-hydrogen) atoms. The lowest BCUT2D eigenvalue weighted by atomic mass is 10.1. The third-order valence-corrected chi connectivity index (χ3v) is 4.32. The largest absolute Gasteiger partial charge is 0.494 e. The first kappa shape index (κ1) is 13.6. The minimum atomic E-state index is -0.0680. The molecule has 0 bridgehead atoms. The van der Waals surface area contributed by atoms with Crippen LogP contribution in [0.4, 0.5) is 0 Å². The molecule has 0 spiro atoms. The highest BCUT2D eigenvalue weighted by Gasteiger charge is 2.11. The van der Waals surface area contributed by atoms with Crippen LogP contribution in [0.15, 0.2) is 40.2 Å². The van der Waals surface area contributed by atoms with Gasteiger partial charge in [-0.1, -0.05) is 19.1 Å². The van der Waals surface area contributed by atoms with Crippen LogP contribution in [0.1, 0.15) is 29.8 Å². The summed E-state index contributed by atoms with van der Waals surface area (Å²) in [5, 5.41) is 0. The number of rotatable bonds is 5. The molecule has 1 atom stereocenters. The normalized spacial score (nSPS) is 12.4. The fourth-order valence-electron chi connectivity index (χ4n) is 1.65. The Bertz CT molecular complexity index is 495. The van der Waals surface area contributed by atoms with Crippen molar-refractivity contribution < 1.29 is 4.74 Å². The van der Waals surface area contributed by atoms with E-state index in [0.29, 0.717) is 0 Å². The Labute approximate surface area is 120 Å². The molecular weight excluding hydrogens is 310 g/mol. The predicted octanol–water partition coefficient (Wildman–Crippen LogP) is 4.35. The minimum absolute atomic E-state index is 0.0680. The van der Waals surface area contributed by atoms with Crippen molar-refractivity contribution in [3.63, 3.8) is 0 Å². The van der Waals surface area contributed by atoms with Crippen LogP contribution in [0.25, 0.3) is 0 Å². The first-order valence-corrected chi connectivity index (χ1v) is 7.55. The van der Waals surface area contributed by atoms with Gasteiger partial charge in [0, 0.05) is 4.88 Å². The molecule has 0 aliphatic heterocycles. The van der Waals surface area contributed by atoms with E-state index in [1.807, 2.05) is 30.3 Å². The molecule has 4 heteroatoms. The van der Waals surface area contributed by atoms with Crippen LogP contribution in [0.5, 0.6) is 5.75 Å². The fraction of sp³-hybridized carbons (Fsp3) is 0.286. The summed E-state index contributed by atoms with van der Waals surface area (Å²) in [5.41, 5.74) is 7.33. The highest BCUT2D eigenvalue weighted by atomic mass is 79.9. The number of hydrogen-bond donors (Lipinski definition) is 1. The summed E-state index contributed by atoms with van der Waals surface area (Å²) in [6, 6.07) is 12.0. The first-order chi connectivity index (χ1) is 8.70. The summed E-state index contributed by atoms with van der Waals surface area (Å²) in [4.78, 5) is 1.16. The van der Waals surface area contributed by atoms with E-state index >= 15 is 0 Å². The maximum absolute atomic E-state index is 6.23. The van der Waals surface area contributed by atoms with E-state index in [2.05, 4.69) is 28.9 Å². The van der Waals surface area contributed by atoms with Gasteiger partial charge in [0.05, 0.1) is 16.4 Å². The summed E-state index contributed by atoms with van der Waals surface area (Å²) in [5.74, 6) is 0.903. The smallest absolute Gasteiger partial charge is 0.119 e. The molecule has 1 unspecified atom stereocenters. The molecule has 1 heterocycles. The average molecular weight is 326 g/mol. The van der Waals surface area contributed by atoms with Crippen molar-refractivity contribution in [3.05, 3.63) is 50.6 Å². The van der Waals surface area contributed by atoms with Crippen molar-refractivity contribution >= 4 is 27.3 Å². The molecule has 0 radical (unpaired) electrons. The molecule has 0 aliphatic carbocycles. The van der Waals surface area contributed by atoms with Gasteiger partial charge in [0.2, 0.25) is 0 Å². The van der Waals surface area contributed by atoms with E-state index in [1.165, 1.54) is 0 Å². The lowest BCUT2D eigenvalue weighted by molar-refractivity contribution is 0.317. The summed E-state index contributed by atoms with van der Waals surface area (Å²) < 4.78 is 6.66. The van der Waals surface area contributed by atoms with Crippen LogP contribution in [-0.4, -0.2) is 6.61 Å². The van der Waals surface area contributed by atoms with Crippen molar-refractivity contribution in [3.8, 4) is 5.75 Å². The number of halogens is 1. The second-order valence-electron chi connectivity index (χ2n) is 4.04. The second kappa shape index (κ2) is 6.36. The Morgan fingerprint density at radius 1 is 1.22 bits per heavy atom. The second-order valence-corrected chi connectivity index (χ2v) is 6.53. The number of nitrogens with two attached hydrogens (primary N) is 1. The fourth-order valence-corrected chi connectivity index (χ4v) is 3.10. The molecule has 0 fully saturated rings. The van der Waals surface area contributed by atoms with E-state index in [9.17, 15) is 0 Å². The third kappa shape index (κ3) is 3.34. The van der Waals surface area contributed by atoms with E-state index in [0.717, 1.165) is 33.0 Å². The SMILES string of the molecule is CCCOc1ccc(C(N)c2ccc(Br)s2)cc1. The lowest BCUT2D eigenvalue weighted by Gasteiger charge is -2.11. The third-order valence-electron chi connectivity index (χ3n) is 2.61. The van der Waals surface area contributed by atoms with Gasteiger partial charge in [-0.25, -0.2) is 0 Å². The molecule has 96 valence electrons. The van der Waals surface area contributed by atoms with E-state index in [1.54, 1.807) is 11.3 Å². The molecule has 2 N–H and O–H groups in total. The molecule has 0 aliphatic rings. The maximum Gasteiger partial charge on any atom is 0.119 e. The van der Waals surface area contributed by atoms with Gasteiger partial charge in [0.1, 0.15) is 5.75 Å². The molecule has 0 saturated heterocycles. The molecule has 2 rings (SSSR count). The minimum Gasteiger partial charge on any atom is -0.494 e. The van der Waals surface area contributed by atoms with Gasteiger partial charge in [-0.2, -0.15) is 0 Å². The Hall–Kier alpha value is -0.840. The van der Waals surface area contributed by atoms with Crippen LogP contribution in [0.2, 0.25) is 0 Å². The van der Waals surface area contributed by atoms with Crippen molar-refractivity contribution in [2.24, 2.45) is 5.73 Å². The van der Waals surface area contributed by atoms with Gasteiger partial charge < -0.3 is 10.5 Å². The van der Waals surface area contributed by atoms with Gasteiger partial charge in [-0.3, -0.25) is 0 Å². The average Bonchev–Trinajstić information content (AvgIpc) is 2.83. The Morgan fingerprint density at radius 3 is 2.50 bits per heavy atom. The molecule has 2 nitrogen and oxygen atoms in total. The number of hydrogen-bond acceptors (Lipinski definition) is 3. The number of benzene rings is 1. The lowest BCUT2D eigenvalue weighted by Crippen LogP contribution is -2.09. The predicted molar refractivity (Wildman–Crippen MR) is 80.3 cm³/mol. The zero-order valence-electron chi connectivity index (χ0n) is 10.2. The summed E-state index contributed by atoms with van der Waals surface area (Å²) in [6.07, 6.45) is 1.02. The molecular formula is C14H16BrNOS. The Kier molecular flexibility index (Phi) is 4.80. The van der Waals surface area contributed by atoms with Crippen molar-refractivity contribution in [2.45, 2.75) is 19.4 Å². The molecule has 0 amide bonds. The molecule has 2 aromatic rings.